The Morgan fingerprint density at radius 1 is 1.11 bits per heavy atom. The predicted molar refractivity (Wildman–Crippen MR) is 92.1 cm³/mol. The van der Waals surface area contributed by atoms with Gasteiger partial charge in [-0.3, -0.25) is 4.79 Å². The van der Waals surface area contributed by atoms with E-state index in [-0.39, 0.29) is 5.78 Å². The summed E-state index contributed by atoms with van der Waals surface area (Å²) in [5, 5.41) is 3.97. The van der Waals surface area contributed by atoms with E-state index in [4.69, 9.17) is 0 Å². The van der Waals surface area contributed by atoms with Crippen LogP contribution in [0.5, 0.6) is 0 Å². The normalized spacial score (nSPS) is 10.8. The fourth-order valence-electron chi connectivity index (χ4n) is 2.04. The molecule has 0 saturated heterocycles. The summed E-state index contributed by atoms with van der Waals surface area (Å²) in [5.74, 6) is 0.0860. The molecule has 0 aliphatic rings. The van der Waals surface area contributed by atoms with Crippen LogP contribution in [0.3, 0.4) is 0 Å². The summed E-state index contributed by atoms with van der Waals surface area (Å²) in [5.41, 5.74) is 1.52. The predicted octanol–water partition coefficient (Wildman–Crippen LogP) is 5.50. The van der Waals surface area contributed by atoms with Crippen LogP contribution in [-0.2, 0) is 0 Å². The Bertz CT molecular complexity index is 779. The standard InChI is InChI=1S/C15H8BrIOS/c16-13-6-5-12(10-3-1-2-4-11(10)13)15(18)9-7-14(17)19-8-9/h1-8H. The van der Waals surface area contributed by atoms with Crippen molar-refractivity contribution in [3.63, 3.8) is 0 Å². The average Bonchev–Trinajstić information content (AvgIpc) is 2.86. The minimum Gasteiger partial charge on any atom is -0.289 e. The molecule has 94 valence electrons. The highest BCUT2D eigenvalue weighted by Crippen LogP contribution is 2.29. The Balaban J connectivity index is 2.21. The van der Waals surface area contributed by atoms with Crippen molar-refractivity contribution in [1.82, 2.24) is 0 Å². The van der Waals surface area contributed by atoms with Crippen molar-refractivity contribution in [1.29, 1.82) is 0 Å². The second-order valence-corrected chi connectivity index (χ2v) is 7.77. The molecule has 0 bridgehead atoms. The minimum atomic E-state index is 0.0860. The van der Waals surface area contributed by atoms with Crippen LogP contribution in [0.4, 0.5) is 0 Å². The van der Waals surface area contributed by atoms with Crippen molar-refractivity contribution >= 4 is 66.4 Å². The summed E-state index contributed by atoms with van der Waals surface area (Å²) in [4.78, 5) is 12.6. The van der Waals surface area contributed by atoms with E-state index in [0.29, 0.717) is 0 Å². The average molecular weight is 443 g/mol. The van der Waals surface area contributed by atoms with E-state index in [9.17, 15) is 4.79 Å². The van der Waals surface area contributed by atoms with Gasteiger partial charge >= 0.3 is 0 Å². The lowest BCUT2D eigenvalue weighted by atomic mass is 9.99. The molecule has 1 aromatic heterocycles. The lowest BCUT2D eigenvalue weighted by Gasteiger charge is -2.06. The topological polar surface area (TPSA) is 17.1 Å². The minimum absolute atomic E-state index is 0.0860. The molecule has 2 aromatic carbocycles. The number of fused-ring (bicyclic) bond motifs is 1. The molecule has 0 atom stereocenters. The fraction of sp³-hybridized carbons (Fsp3) is 0. The molecule has 0 saturated carbocycles. The van der Waals surface area contributed by atoms with Crippen LogP contribution in [0, 0.1) is 2.88 Å². The number of hydrogen-bond donors (Lipinski definition) is 0. The van der Waals surface area contributed by atoms with E-state index in [1.165, 1.54) is 0 Å². The summed E-state index contributed by atoms with van der Waals surface area (Å²) >= 11 is 7.36. The highest BCUT2D eigenvalue weighted by Gasteiger charge is 2.14. The van der Waals surface area contributed by atoms with Crippen molar-refractivity contribution in [2.24, 2.45) is 0 Å². The summed E-state index contributed by atoms with van der Waals surface area (Å²) < 4.78 is 2.14. The maximum Gasteiger partial charge on any atom is 0.194 e. The summed E-state index contributed by atoms with van der Waals surface area (Å²) in [6.45, 7) is 0. The maximum absolute atomic E-state index is 12.6. The molecule has 0 spiro atoms. The molecule has 19 heavy (non-hydrogen) atoms. The van der Waals surface area contributed by atoms with Crippen molar-refractivity contribution < 1.29 is 4.79 Å². The van der Waals surface area contributed by atoms with Crippen LogP contribution in [0.25, 0.3) is 10.8 Å². The van der Waals surface area contributed by atoms with E-state index in [1.807, 2.05) is 47.8 Å². The van der Waals surface area contributed by atoms with Gasteiger partial charge in [0.15, 0.2) is 5.78 Å². The number of rotatable bonds is 2. The molecule has 3 aromatic rings. The van der Waals surface area contributed by atoms with E-state index < -0.39 is 0 Å². The number of hydrogen-bond acceptors (Lipinski definition) is 2. The lowest BCUT2D eigenvalue weighted by Crippen LogP contribution is -2.00. The van der Waals surface area contributed by atoms with Crippen LogP contribution in [-0.4, -0.2) is 5.78 Å². The Morgan fingerprint density at radius 3 is 2.53 bits per heavy atom. The Kier molecular flexibility index (Phi) is 3.73. The highest BCUT2D eigenvalue weighted by atomic mass is 127. The van der Waals surface area contributed by atoms with Crippen molar-refractivity contribution in [2.45, 2.75) is 0 Å². The first kappa shape index (κ1) is 13.3. The van der Waals surface area contributed by atoms with E-state index in [1.54, 1.807) is 11.3 Å². The number of carbonyl (C=O) groups is 1. The van der Waals surface area contributed by atoms with Gasteiger partial charge in [-0.2, -0.15) is 0 Å². The van der Waals surface area contributed by atoms with Crippen molar-refractivity contribution in [2.75, 3.05) is 0 Å². The molecular formula is C15H8BrIOS. The number of thiophene rings is 1. The first-order chi connectivity index (χ1) is 9.16. The molecule has 1 nitrogen and oxygen atoms in total. The zero-order valence-electron chi connectivity index (χ0n) is 9.69. The quantitative estimate of drug-likeness (QED) is 0.378. The number of benzene rings is 2. The van der Waals surface area contributed by atoms with Gasteiger partial charge in [0.1, 0.15) is 0 Å². The highest BCUT2D eigenvalue weighted by molar-refractivity contribution is 14.1. The van der Waals surface area contributed by atoms with E-state index in [0.717, 1.165) is 29.3 Å². The van der Waals surface area contributed by atoms with Crippen LogP contribution in [0.1, 0.15) is 15.9 Å². The second kappa shape index (κ2) is 5.34. The second-order valence-electron chi connectivity index (χ2n) is 4.11. The number of halogens is 2. The van der Waals surface area contributed by atoms with Gasteiger partial charge in [0.25, 0.3) is 0 Å². The molecular weight excluding hydrogens is 435 g/mol. The van der Waals surface area contributed by atoms with Crippen LogP contribution < -0.4 is 0 Å². The Hall–Kier alpha value is -0.720. The molecule has 0 aliphatic heterocycles. The number of carbonyl (C=O) groups excluding carboxylic acids is 1. The van der Waals surface area contributed by atoms with Gasteiger partial charge in [0.2, 0.25) is 0 Å². The molecule has 0 amide bonds. The van der Waals surface area contributed by atoms with Gasteiger partial charge in [-0.1, -0.05) is 40.2 Å². The zero-order valence-corrected chi connectivity index (χ0v) is 14.3. The van der Waals surface area contributed by atoms with Gasteiger partial charge in [-0.25, -0.2) is 0 Å². The third-order valence-corrected chi connectivity index (χ3v) is 5.43. The molecule has 3 rings (SSSR count). The third kappa shape index (κ3) is 2.49. The van der Waals surface area contributed by atoms with E-state index in [2.05, 4.69) is 38.5 Å². The van der Waals surface area contributed by atoms with Crippen LogP contribution in [0.15, 0.2) is 52.3 Å². The Morgan fingerprint density at radius 2 is 1.84 bits per heavy atom. The summed E-state index contributed by atoms with van der Waals surface area (Å²) in [6, 6.07) is 13.7. The molecule has 1 heterocycles. The van der Waals surface area contributed by atoms with Gasteiger partial charge < -0.3 is 0 Å². The molecule has 0 radical (unpaired) electrons. The SMILES string of the molecule is O=C(c1csc(I)c1)c1ccc(Br)c2ccccc12. The molecule has 0 N–H and O–H groups in total. The molecule has 0 fully saturated rings. The first-order valence-corrected chi connectivity index (χ1v) is 8.38. The van der Waals surface area contributed by atoms with Gasteiger partial charge in [0, 0.05) is 21.0 Å². The van der Waals surface area contributed by atoms with Crippen molar-refractivity contribution in [3.8, 4) is 0 Å². The molecule has 0 aliphatic carbocycles. The van der Waals surface area contributed by atoms with Crippen LogP contribution in [0.2, 0.25) is 0 Å². The molecule has 4 heteroatoms. The maximum atomic E-state index is 12.6. The fourth-order valence-corrected chi connectivity index (χ4v) is 3.85. The number of ketones is 1. The van der Waals surface area contributed by atoms with Gasteiger partial charge in [-0.05, 0) is 51.6 Å². The van der Waals surface area contributed by atoms with Gasteiger partial charge in [-0.15, -0.1) is 11.3 Å². The molecule has 0 unspecified atom stereocenters. The lowest BCUT2D eigenvalue weighted by molar-refractivity contribution is 0.104. The van der Waals surface area contributed by atoms with Crippen LogP contribution >= 0.6 is 49.9 Å². The monoisotopic (exact) mass is 442 g/mol. The van der Waals surface area contributed by atoms with Crippen molar-refractivity contribution in [3.05, 3.63) is 66.3 Å². The zero-order chi connectivity index (χ0) is 13.4. The summed E-state index contributed by atoms with van der Waals surface area (Å²) in [7, 11) is 0. The third-order valence-electron chi connectivity index (χ3n) is 2.95. The summed E-state index contributed by atoms with van der Waals surface area (Å²) in [6.07, 6.45) is 0. The van der Waals surface area contributed by atoms with Gasteiger partial charge in [0.05, 0.1) is 2.88 Å². The van der Waals surface area contributed by atoms with E-state index >= 15 is 0 Å². The first-order valence-electron chi connectivity index (χ1n) is 5.63. The Labute approximate surface area is 136 Å². The smallest absolute Gasteiger partial charge is 0.194 e. The largest absolute Gasteiger partial charge is 0.289 e.